The molecule has 28 heavy (non-hydrogen) atoms. The van der Waals surface area contributed by atoms with E-state index >= 15 is 0 Å². The summed E-state index contributed by atoms with van der Waals surface area (Å²) >= 11 is 1.33. The zero-order chi connectivity index (χ0) is 19.3. The minimum Gasteiger partial charge on any atom is -0.332 e. The van der Waals surface area contributed by atoms with Crippen molar-refractivity contribution in [2.75, 3.05) is 13.1 Å². The molecule has 5 rings (SSSR count). The first kappa shape index (κ1) is 17.1. The molecule has 2 aliphatic heterocycles. The first-order valence-electron chi connectivity index (χ1n) is 9.16. The van der Waals surface area contributed by atoms with Gasteiger partial charge in [-0.15, -0.1) is 11.3 Å². The molecule has 0 spiro atoms. The summed E-state index contributed by atoms with van der Waals surface area (Å²) in [6, 6.07) is 2.02. The Morgan fingerprint density at radius 1 is 1.14 bits per heavy atom. The third-order valence-electron chi connectivity index (χ3n) is 5.27. The predicted molar refractivity (Wildman–Crippen MR) is 101 cm³/mol. The Balaban J connectivity index is 1.34. The Hall–Kier alpha value is -3.01. The fourth-order valence-electron chi connectivity index (χ4n) is 3.88. The number of hydrogen-bond donors (Lipinski definition) is 1. The first-order chi connectivity index (χ1) is 13.6. The normalized spacial score (nSPS) is 16.0. The van der Waals surface area contributed by atoms with Gasteiger partial charge in [0.15, 0.2) is 5.69 Å². The monoisotopic (exact) mass is 397 g/mol. The Bertz CT molecular complexity index is 1050. The Morgan fingerprint density at radius 2 is 2.00 bits per heavy atom. The second-order valence-electron chi connectivity index (χ2n) is 7.10. The summed E-state index contributed by atoms with van der Waals surface area (Å²) in [5.74, 6) is -0.0971. The van der Waals surface area contributed by atoms with Crippen LogP contribution in [0, 0.1) is 6.92 Å². The second-order valence-corrected chi connectivity index (χ2v) is 7.98. The highest BCUT2D eigenvalue weighted by Crippen LogP contribution is 2.24. The molecule has 0 bridgehead atoms. The van der Waals surface area contributed by atoms with Crippen molar-refractivity contribution in [2.24, 2.45) is 0 Å². The summed E-state index contributed by atoms with van der Waals surface area (Å²) in [5.41, 5.74) is 5.90. The molecule has 9 nitrogen and oxygen atoms in total. The number of nitrogens with one attached hydrogen (secondary N) is 1. The molecule has 0 saturated carbocycles. The van der Waals surface area contributed by atoms with E-state index in [0.717, 1.165) is 22.6 Å². The van der Waals surface area contributed by atoms with Gasteiger partial charge in [0.05, 0.1) is 48.4 Å². The van der Waals surface area contributed by atoms with E-state index in [-0.39, 0.29) is 11.8 Å². The predicted octanol–water partition coefficient (Wildman–Crippen LogP) is 1.23. The number of aromatic nitrogens is 5. The van der Waals surface area contributed by atoms with Crippen molar-refractivity contribution in [2.45, 2.75) is 33.0 Å². The third-order valence-corrected chi connectivity index (χ3v) is 6.03. The minimum atomic E-state index is -0.0650. The van der Waals surface area contributed by atoms with E-state index in [2.05, 4.69) is 20.3 Å². The lowest BCUT2D eigenvalue weighted by atomic mass is 10.0. The topological polar surface area (TPSA) is 100 Å². The highest BCUT2D eigenvalue weighted by atomic mass is 32.1. The van der Waals surface area contributed by atoms with E-state index in [1.807, 2.05) is 22.6 Å². The number of nitrogens with zero attached hydrogens (tertiary/aromatic N) is 6. The van der Waals surface area contributed by atoms with Gasteiger partial charge in [0.25, 0.3) is 11.8 Å². The maximum Gasteiger partial charge on any atom is 0.275 e. The number of thiazole rings is 1. The van der Waals surface area contributed by atoms with Crippen molar-refractivity contribution in [3.63, 3.8) is 0 Å². The summed E-state index contributed by atoms with van der Waals surface area (Å²) in [4.78, 5) is 33.8. The SMILES string of the molecule is Cc1cc2n(n1)CCN(C(=O)c1n[nH]c3c1CCN(C(=O)c1cncs1)C3)C2. The van der Waals surface area contributed by atoms with Crippen molar-refractivity contribution in [3.8, 4) is 0 Å². The number of aryl methyl sites for hydroxylation is 1. The lowest BCUT2D eigenvalue weighted by molar-refractivity contribution is 0.0698. The molecular weight excluding hydrogens is 378 g/mol. The number of carbonyl (C=O) groups excluding carboxylic acids is 2. The lowest BCUT2D eigenvalue weighted by Crippen LogP contribution is -2.40. The molecule has 5 heterocycles. The Morgan fingerprint density at radius 3 is 2.82 bits per heavy atom. The molecule has 3 aromatic rings. The van der Waals surface area contributed by atoms with E-state index in [9.17, 15) is 9.59 Å². The van der Waals surface area contributed by atoms with E-state index in [0.29, 0.717) is 49.7 Å². The molecule has 2 aliphatic rings. The summed E-state index contributed by atoms with van der Waals surface area (Å²) < 4.78 is 1.96. The minimum absolute atomic E-state index is 0.0321. The van der Waals surface area contributed by atoms with Gasteiger partial charge in [-0.05, 0) is 19.4 Å². The van der Waals surface area contributed by atoms with Gasteiger partial charge >= 0.3 is 0 Å². The van der Waals surface area contributed by atoms with Crippen molar-refractivity contribution in [1.29, 1.82) is 0 Å². The van der Waals surface area contributed by atoms with E-state index < -0.39 is 0 Å². The van der Waals surface area contributed by atoms with Crippen LogP contribution in [-0.2, 0) is 26.1 Å². The highest BCUT2D eigenvalue weighted by molar-refractivity contribution is 7.11. The van der Waals surface area contributed by atoms with Gasteiger partial charge in [0.2, 0.25) is 0 Å². The van der Waals surface area contributed by atoms with Gasteiger partial charge in [-0.25, -0.2) is 0 Å². The largest absolute Gasteiger partial charge is 0.332 e. The van der Waals surface area contributed by atoms with Crippen LogP contribution in [0.4, 0.5) is 0 Å². The van der Waals surface area contributed by atoms with Crippen LogP contribution in [0.25, 0.3) is 0 Å². The number of carbonyl (C=O) groups is 2. The van der Waals surface area contributed by atoms with Crippen LogP contribution >= 0.6 is 11.3 Å². The molecule has 0 unspecified atom stereocenters. The summed E-state index contributed by atoms with van der Waals surface area (Å²) in [7, 11) is 0. The summed E-state index contributed by atoms with van der Waals surface area (Å²) in [6.45, 7) is 4.80. The third kappa shape index (κ3) is 2.80. The smallest absolute Gasteiger partial charge is 0.275 e. The molecule has 0 fully saturated rings. The number of fused-ring (bicyclic) bond motifs is 2. The summed E-state index contributed by atoms with van der Waals surface area (Å²) in [6.07, 6.45) is 2.20. The van der Waals surface area contributed by atoms with Crippen molar-refractivity contribution >= 4 is 23.2 Å². The molecule has 0 aromatic carbocycles. The van der Waals surface area contributed by atoms with E-state index in [1.54, 1.807) is 16.6 Å². The van der Waals surface area contributed by atoms with Crippen molar-refractivity contribution in [1.82, 2.24) is 34.8 Å². The van der Waals surface area contributed by atoms with Crippen LogP contribution in [0.5, 0.6) is 0 Å². The summed E-state index contributed by atoms with van der Waals surface area (Å²) in [5, 5.41) is 11.7. The van der Waals surface area contributed by atoms with Gasteiger partial charge < -0.3 is 9.80 Å². The van der Waals surface area contributed by atoms with Gasteiger partial charge in [0, 0.05) is 18.7 Å². The number of rotatable bonds is 2. The average molecular weight is 397 g/mol. The highest BCUT2D eigenvalue weighted by Gasteiger charge is 2.31. The fraction of sp³-hybridized carbons (Fsp3) is 0.389. The molecule has 0 saturated heterocycles. The first-order valence-corrected chi connectivity index (χ1v) is 10.0. The zero-order valence-electron chi connectivity index (χ0n) is 15.4. The standard InChI is InChI=1S/C18H19N7O2S/c1-11-6-12-8-24(4-5-25(12)22-11)18(27)16-13-2-3-23(9-14(13)20-21-16)17(26)15-7-19-10-28-15/h6-7,10H,2-5,8-9H2,1H3,(H,20,21). The quantitative estimate of drug-likeness (QED) is 0.701. The van der Waals surface area contributed by atoms with Crippen LogP contribution in [0.15, 0.2) is 17.8 Å². The molecule has 2 amide bonds. The molecular formula is C18H19N7O2S. The molecule has 144 valence electrons. The van der Waals surface area contributed by atoms with E-state index in [4.69, 9.17) is 0 Å². The van der Waals surface area contributed by atoms with E-state index in [1.165, 1.54) is 11.3 Å². The molecule has 0 atom stereocenters. The fourth-order valence-corrected chi connectivity index (χ4v) is 4.47. The molecule has 0 radical (unpaired) electrons. The second kappa shape index (κ2) is 6.55. The van der Waals surface area contributed by atoms with Gasteiger partial charge in [-0.3, -0.25) is 24.4 Å². The number of aromatic amines is 1. The van der Waals surface area contributed by atoms with Crippen LogP contribution in [-0.4, -0.2) is 59.7 Å². The van der Waals surface area contributed by atoms with Crippen LogP contribution in [0.2, 0.25) is 0 Å². The zero-order valence-corrected chi connectivity index (χ0v) is 16.2. The average Bonchev–Trinajstić information content (AvgIpc) is 3.44. The molecule has 10 heteroatoms. The Labute approximate surface area is 165 Å². The van der Waals surface area contributed by atoms with Crippen LogP contribution in [0.1, 0.15) is 42.8 Å². The molecule has 3 aromatic heterocycles. The lowest BCUT2D eigenvalue weighted by Gasteiger charge is -2.29. The van der Waals surface area contributed by atoms with Gasteiger partial charge in [0.1, 0.15) is 4.88 Å². The molecule has 1 N–H and O–H groups in total. The maximum atomic E-state index is 13.1. The van der Waals surface area contributed by atoms with Crippen molar-refractivity contribution in [3.05, 3.63) is 51.0 Å². The number of H-pyrrole nitrogens is 1. The number of amides is 2. The van der Waals surface area contributed by atoms with Crippen molar-refractivity contribution < 1.29 is 9.59 Å². The number of hydrogen-bond acceptors (Lipinski definition) is 6. The molecule has 0 aliphatic carbocycles. The van der Waals surface area contributed by atoms with Crippen LogP contribution < -0.4 is 0 Å². The van der Waals surface area contributed by atoms with Gasteiger partial charge in [-0.2, -0.15) is 10.2 Å². The van der Waals surface area contributed by atoms with Gasteiger partial charge in [-0.1, -0.05) is 0 Å². The maximum absolute atomic E-state index is 13.1. The van der Waals surface area contributed by atoms with Crippen LogP contribution in [0.3, 0.4) is 0 Å². The Kier molecular flexibility index (Phi) is 4.00.